The van der Waals surface area contributed by atoms with Gasteiger partial charge in [0.25, 0.3) is 5.91 Å². The summed E-state index contributed by atoms with van der Waals surface area (Å²) < 4.78 is 1.57. The molecule has 1 aromatic heterocycles. The summed E-state index contributed by atoms with van der Waals surface area (Å²) in [4.78, 5) is 31.6. The Hall–Kier alpha value is -3.10. The molecule has 166 valence electrons. The lowest BCUT2D eigenvalue weighted by molar-refractivity contribution is -0.133. The number of benzene rings is 2. The molecule has 32 heavy (non-hydrogen) atoms. The SMILES string of the molecule is Cc1ccc(C(=O)Nc2cnn(CC(=O)N3CCN(C)CC3)c2)c(Sc2ccccc2)c1. The lowest BCUT2D eigenvalue weighted by Gasteiger charge is -2.32. The number of aromatic nitrogens is 2. The molecule has 2 amide bonds. The van der Waals surface area contributed by atoms with Crippen LogP contribution in [0.25, 0.3) is 0 Å². The van der Waals surface area contributed by atoms with E-state index in [2.05, 4.69) is 22.4 Å². The zero-order valence-electron chi connectivity index (χ0n) is 18.3. The number of likely N-dealkylation sites (N-methyl/N-ethyl adjacent to an activating group) is 1. The first-order chi connectivity index (χ1) is 15.5. The zero-order valence-corrected chi connectivity index (χ0v) is 19.1. The van der Waals surface area contributed by atoms with E-state index in [9.17, 15) is 9.59 Å². The molecule has 3 aromatic rings. The van der Waals surface area contributed by atoms with Crippen LogP contribution in [0.3, 0.4) is 0 Å². The summed E-state index contributed by atoms with van der Waals surface area (Å²) in [6.45, 7) is 5.40. The molecular formula is C24H27N5O2S. The Bertz CT molecular complexity index is 1090. The first-order valence-electron chi connectivity index (χ1n) is 10.6. The van der Waals surface area contributed by atoms with Crippen LogP contribution in [0, 0.1) is 6.92 Å². The number of rotatable bonds is 6. The predicted molar refractivity (Wildman–Crippen MR) is 126 cm³/mol. The smallest absolute Gasteiger partial charge is 0.256 e. The van der Waals surface area contributed by atoms with Crippen molar-refractivity contribution in [1.29, 1.82) is 0 Å². The van der Waals surface area contributed by atoms with E-state index in [1.54, 1.807) is 28.8 Å². The Kier molecular flexibility index (Phi) is 6.92. The number of hydrogen-bond acceptors (Lipinski definition) is 5. The minimum absolute atomic E-state index is 0.0409. The lowest BCUT2D eigenvalue weighted by atomic mass is 10.1. The van der Waals surface area contributed by atoms with Gasteiger partial charge in [0.2, 0.25) is 5.91 Å². The number of amides is 2. The van der Waals surface area contributed by atoms with Crippen LogP contribution in [0.4, 0.5) is 5.69 Å². The van der Waals surface area contributed by atoms with Gasteiger partial charge in [0, 0.05) is 42.2 Å². The highest BCUT2D eigenvalue weighted by molar-refractivity contribution is 7.99. The minimum Gasteiger partial charge on any atom is -0.339 e. The van der Waals surface area contributed by atoms with Gasteiger partial charge in [0.05, 0.1) is 17.4 Å². The molecule has 0 unspecified atom stereocenters. The number of anilines is 1. The average molecular weight is 450 g/mol. The molecule has 4 rings (SSSR count). The molecule has 1 aliphatic rings. The van der Waals surface area contributed by atoms with Crippen molar-refractivity contribution in [2.24, 2.45) is 0 Å². The van der Waals surface area contributed by atoms with Crippen LogP contribution in [-0.2, 0) is 11.3 Å². The van der Waals surface area contributed by atoms with Crippen LogP contribution in [0.5, 0.6) is 0 Å². The second-order valence-corrected chi connectivity index (χ2v) is 9.09. The zero-order chi connectivity index (χ0) is 22.5. The van der Waals surface area contributed by atoms with Crippen LogP contribution in [0.2, 0.25) is 0 Å². The number of hydrogen-bond donors (Lipinski definition) is 1. The van der Waals surface area contributed by atoms with E-state index in [0.717, 1.165) is 41.5 Å². The summed E-state index contributed by atoms with van der Waals surface area (Å²) in [7, 11) is 2.06. The van der Waals surface area contributed by atoms with E-state index in [1.807, 2.05) is 60.4 Å². The molecule has 1 aliphatic heterocycles. The van der Waals surface area contributed by atoms with Crippen LogP contribution in [-0.4, -0.2) is 64.6 Å². The van der Waals surface area contributed by atoms with Gasteiger partial charge in [0.1, 0.15) is 6.54 Å². The van der Waals surface area contributed by atoms with E-state index >= 15 is 0 Å². The number of nitrogens with zero attached hydrogens (tertiary/aromatic N) is 4. The van der Waals surface area contributed by atoms with Gasteiger partial charge in [-0.3, -0.25) is 14.3 Å². The molecule has 1 fully saturated rings. The van der Waals surface area contributed by atoms with Gasteiger partial charge in [-0.05, 0) is 43.8 Å². The van der Waals surface area contributed by atoms with Crippen molar-refractivity contribution >= 4 is 29.3 Å². The Labute approximate surface area is 192 Å². The van der Waals surface area contributed by atoms with Crippen LogP contribution >= 0.6 is 11.8 Å². The molecule has 0 spiro atoms. The van der Waals surface area contributed by atoms with Gasteiger partial charge < -0.3 is 15.1 Å². The highest BCUT2D eigenvalue weighted by atomic mass is 32.2. The summed E-state index contributed by atoms with van der Waals surface area (Å²) in [5.41, 5.74) is 2.26. The van der Waals surface area contributed by atoms with E-state index < -0.39 is 0 Å². The van der Waals surface area contributed by atoms with Gasteiger partial charge in [0.15, 0.2) is 0 Å². The van der Waals surface area contributed by atoms with Crippen molar-refractivity contribution in [3.05, 3.63) is 72.1 Å². The fraction of sp³-hybridized carbons (Fsp3) is 0.292. The van der Waals surface area contributed by atoms with E-state index in [-0.39, 0.29) is 18.4 Å². The summed E-state index contributed by atoms with van der Waals surface area (Å²) >= 11 is 1.56. The maximum absolute atomic E-state index is 13.0. The number of carbonyl (C=O) groups excluding carboxylic acids is 2. The standard InChI is InChI=1S/C24H27N5O2S/c1-18-8-9-21(22(14-18)32-20-6-4-3-5-7-20)24(31)26-19-15-25-29(16-19)17-23(30)28-12-10-27(2)11-13-28/h3-9,14-16H,10-13,17H2,1-2H3,(H,26,31). The molecule has 2 heterocycles. The Balaban J connectivity index is 1.41. The monoisotopic (exact) mass is 449 g/mol. The van der Waals surface area contributed by atoms with Gasteiger partial charge >= 0.3 is 0 Å². The Morgan fingerprint density at radius 1 is 1.06 bits per heavy atom. The molecule has 0 bridgehead atoms. The number of nitrogens with one attached hydrogen (secondary N) is 1. The normalized spacial score (nSPS) is 14.4. The molecule has 0 aliphatic carbocycles. The molecule has 0 saturated carbocycles. The van der Waals surface area contributed by atoms with Gasteiger partial charge in [-0.15, -0.1) is 0 Å². The fourth-order valence-corrected chi connectivity index (χ4v) is 4.59. The third-order valence-electron chi connectivity index (χ3n) is 5.40. The molecule has 0 atom stereocenters. The van der Waals surface area contributed by atoms with Crippen LogP contribution < -0.4 is 5.32 Å². The van der Waals surface area contributed by atoms with Crippen molar-refractivity contribution in [3.63, 3.8) is 0 Å². The van der Waals surface area contributed by atoms with Crippen LogP contribution in [0.15, 0.2) is 70.7 Å². The molecule has 8 heteroatoms. The quantitative estimate of drug-likeness (QED) is 0.625. The number of aryl methyl sites for hydroxylation is 1. The predicted octanol–water partition coefficient (Wildman–Crippen LogP) is 3.37. The molecule has 1 saturated heterocycles. The first-order valence-corrected chi connectivity index (χ1v) is 11.4. The molecule has 7 nitrogen and oxygen atoms in total. The first kappa shape index (κ1) is 22.1. The summed E-state index contributed by atoms with van der Waals surface area (Å²) in [5, 5.41) is 7.17. The van der Waals surface area contributed by atoms with Crippen LogP contribution in [0.1, 0.15) is 15.9 Å². The van der Waals surface area contributed by atoms with Gasteiger partial charge in [-0.2, -0.15) is 5.10 Å². The largest absolute Gasteiger partial charge is 0.339 e. The summed E-state index contributed by atoms with van der Waals surface area (Å²) in [6, 6.07) is 15.8. The Morgan fingerprint density at radius 2 is 1.81 bits per heavy atom. The number of carbonyl (C=O) groups is 2. The molecular weight excluding hydrogens is 422 g/mol. The average Bonchev–Trinajstić information content (AvgIpc) is 3.21. The van der Waals surface area contributed by atoms with Crippen molar-refractivity contribution in [1.82, 2.24) is 19.6 Å². The van der Waals surface area contributed by atoms with E-state index in [4.69, 9.17) is 0 Å². The number of piperazine rings is 1. The van der Waals surface area contributed by atoms with Crippen molar-refractivity contribution in [2.45, 2.75) is 23.3 Å². The second-order valence-electron chi connectivity index (χ2n) is 7.98. The maximum atomic E-state index is 13.0. The highest BCUT2D eigenvalue weighted by Crippen LogP contribution is 2.31. The van der Waals surface area contributed by atoms with Crippen molar-refractivity contribution in [3.8, 4) is 0 Å². The lowest BCUT2D eigenvalue weighted by Crippen LogP contribution is -2.48. The minimum atomic E-state index is -0.201. The summed E-state index contributed by atoms with van der Waals surface area (Å²) in [5.74, 6) is -0.160. The van der Waals surface area contributed by atoms with Crippen molar-refractivity contribution < 1.29 is 9.59 Å². The van der Waals surface area contributed by atoms with Crippen molar-refractivity contribution in [2.75, 3.05) is 38.5 Å². The molecule has 2 aromatic carbocycles. The third-order valence-corrected chi connectivity index (χ3v) is 6.46. The fourth-order valence-electron chi connectivity index (χ4n) is 3.52. The molecule has 0 radical (unpaired) electrons. The van der Waals surface area contributed by atoms with Gasteiger partial charge in [-0.25, -0.2) is 0 Å². The highest BCUT2D eigenvalue weighted by Gasteiger charge is 2.20. The topological polar surface area (TPSA) is 70.5 Å². The maximum Gasteiger partial charge on any atom is 0.256 e. The van der Waals surface area contributed by atoms with E-state index in [0.29, 0.717) is 11.3 Å². The second kappa shape index (κ2) is 10.0. The third kappa shape index (κ3) is 5.57. The van der Waals surface area contributed by atoms with E-state index in [1.165, 1.54) is 0 Å². The van der Waals surface area contributed by atoms with Gasteiger partial charge in [-0.1, -0.05) is 36.0 Å². The summed E-state index contributed by atoms with van der Waals surface area (Å²) in [6.07, 6.45) is 3.28. The molecule has 1 N–H and O–H groups in total. The Morgan fingerprint density at radius 3 is 2.56 bits per heavy atom.